The third-order valence-corrected chi connectivity index (χ3v) is 7.71. The summed E-state index contributed by atoms with van der Waals surface area (Å²) < 4.78 is 0. The Balaban J connectivity index is 2.10. The molecule has 0 fully saturated rings. The second kappa shape index (κ2) is 9.64. The fourth-order valence-corrected chi connectivity index (χ4v) is 5.26. The Morgan fingerprint density at radius 2 is 0.568 bits per heavy atom. The van der Waals surface area contributed by atoms with Crippen molar-refractivity contribution in [3.05, 3.63) is 144 Å². The van der Waals surface area contributed by atoms with E-state index >= 15 is 0 Å². The van der Waals surface area contributed by atoms with Crippen LogP contribution in [-0.4, -0.2) is 0 Å². The molecular weight excluding hydrogens is 444 g/mol. The van der Waals surface area contributed by atoms with Crippen molar-refractivity contribution in [2.45, 2.75) is 55.4 Å². The number of hydrogen-bond acceptors (Lipinski definition) is 0. The third kappa shape index (κ3) is 5.90. The Kier molecular flexibility index (Phi) is 7.02. The van der Waals surface area contributed by atoms with Crippen LogP contribution in [0.5, 0.6) is 0 Å². The van der Waals surface area contributed by atoms with Gasteiger partial charge in [0.1, 0.15) is 0 Å². The van der Waals surface area contributed by atoms with Crippen molar-refractivity contribution in [2.75, 3.05) is 0 Å². The molecule has 0 atom stereocenters. The van der Waals surface area contributed by atoms with E-state index in [4.69, 9.17) is 0 Å². The second-order valence-electron chi connectivity index (χ2n) is 13.3. The summed E-state index contributed by atoms with van der Waals surface area (Å²) in [5, 5.41) is 0. The van der Waals surface area contributed by atoms with E-state index in [1.807, 2.05) is 0 Å². The number of rotatable bonds is 4. The van der Waals surface area contributed by atoms with Crippen molar-refractivity contribution in [1.29, 1.82) is 0 Å². The van der Waals surface area contributed by atoms with Gasteiger partial charge in [0.15, 0.2) is 0 Å². The first-order valence-corrected chi connectivity index (χ1v) is 13.6. The monoisotopic (exact) mass is 488 g/mol. The first kappa shape index (κ1) is 26.9. The molecule has 0 saturated carbocycles. The maximum atomic E-state index is 2.36. The SMILES string of the molecule is CC1(C)C=CC=C(C(C2=CC=CC(C)(C)C=C2)(C2=CC=CC(C)(C)C=C2)C2=CC=CC(C)(C)C=C2)C=C1. The molecule has 0 nitrogen and oxygen atoms in total. The van der Waals surface area contributed by atoms with Gasteiger partial charge in [-0.2, -0.15) is 0 Å². The Morgan fingerprint density at radius 3 is 0.784 bits per heavy atom. The van der Waals surface area contributed by atoms with Crippen molar-refractivity contribution >= 4 is 0 Å². The van der Waals surface area contributed by atoms with Gasteiger partial charge >= 0.3 is 0 Å². The smallest absolute Gasteiger partial charge is 0.0701 e. The summed E-state index contributed by atoms with van der Waals surface area (Å²) in [6, 6.07) is 0. The van der Waals surface area contributed by atoms with Crippen LogP contribution < -0.4 is 0 Å². The first-order chi connectivity index (χ1) is 17.2. The molecule has 4 rings (SSSR count). The zero-order valence-electron chi connectivity index (χ0n) is 24.0. The van der Waals surface area contributed by atoms with Gasteiger partial charge in [-0.25, -0.2) is 0 Å². The molecule has 0 radical (unpaired) electrons. The van der Waals surface area contributed by atoms with Crippen LogP contribution in [0.2, 0.25) is 0 Å². The molecule has 0 heteroatoms. The summed E-state index contributed by atoms with van der Waals surface area (Å²) in [5.41, 5.74) is 4.55. The maximum absolute atomic E-state index is 2.36. The lowest BCUT2D eigenvalue weighted by atomic mass is 9.62. The van der Waals surface area contributed by atoms with Crippen molar-refractivity contribution in [3.63, 3.8) is 0 Å². The van der Waals surface area contributed by atoms with Gasteiger partial charge in [0.05, 0.1) is 5.41 Å². The summed E-state index contributed by atoms with van der Waals surface area (Å²) in [6.07, 6.45) is 46.3. The van der Waals surface area contributed by atoms with Crippen LogP contribution in [-0.2, 0) is 0 Å². The molecule has 0 heterocycles. The molecule has 0 saturated heterocycles. The summed E-state index contributed by atoms with van der Waals surface area (Å²) in [5.74, 6) is 0. The minimum Gasteiger partial charge on any atom is -0.0751 e. The lowest BCUT2D eigenvalue weighted by molar-refractivity contribution is 0.613. The van der Waals surface area contributed by atoms with Gasteiger partial charge in [-0.1, -0.05) is 177 Å². The molecule has 0 aromatic heterocycles. The van der Waals surface area contributed by atoms with Gasteiger partial charge in [-0.15, -0.1) is 0 Å². The largest absolute Gasteiger partial charge is 0.0751 e. The van der Waals surface area contributed by atoms with E-state index in [2.05, 4.69) is 177 Å². The molecule has 192 valence electrons. The van der Waals surface area contributed by atoms with Crippen LogP contribution in [0.15, 0.2) is 144 Å². The van der Waals surface area contributed by atoms with Gasteiger partial charge in [-0.05, 0) is 22.3 Å². The molecular formula is C37H44. The van der Waals surface area contributed by atoms with Crippen LogP contribution in [0.25, 0.3) is 0 Å². The van der Waals surface area contributed by atoms with Crippen molar-refractivity contribution in [3.8, 4) is 0 Å². The molecule has 0 bridgehead atoms. The third-order valence-electron chi connectivity index (χ3n) is 7.71. The molecule has 4 aliphatic carbocycles. The zero-order valence-corrected chi connectivity index (χ0v) is 24.0. The predicted octanol–water partition coefficient (Wildman–Crippen LogP) is 10.3. The van der Waals surface area contributed by atoms with Crippen molar-refractivity contribution in [1.82, 2.24) is 0 Å². The second-order valence-corrected chi connectivity index (χ2v) is 13.3. The van der Waals surface area contributed by atoms with Crippen LogP contribution in [0.1, 0.15) is 55.4 Å². The molecule has 0 amide bonds. The summed E-state index contributed by atoms with van der Waals surface area (Å²) >= 11 is 0. The summed E-state index contributed by atoms with van der Waals surface area (Å²) in [6.45, 7) is 18.1. The van der Waals surface area contributed by atoms with Crippen LogP contribution in [0.3, 0.4) is 0 Å². The maximum Gasteiger partial charge on any atom is 0.0701 e. The quantitative estimate of drug-likeness (QED) is 0.369. The molecule has 0 aromatic carbocycles. The summed E-state index contributed by atoms with van der Waals surface area (Å²) in [7, 11) is 0. The van der Waals surface area contributed by atoms with Crippen LogP contribution >= 0.6 is 0 Å². The van der Waals surface area contributed by atoms with E-state index in [9.17, 15) is 0 Å². The van der Waals surface area contributed by atoms with E-state index < -0.39 is 5.41 Å². The molecule has 37 heavy (non-hydrogen) atoms. The molecule has 0 unspecified atom stereocenters. The van der Waals surface area contributed by atoms with Gasteiger partial charge in [0.25, 0.3) is 0 Å². The van der Waals surface area contributed by atoms with Crippen molar-refractivity contribution in [2.24, 2.45) is 27.1 Å². The standard InChI is InChI=1S/C37H44/c1-33(2)21-9-13-29(17-25-33)37(30-14-10-22-34(3,4)26-18-30,31-15-11-23-35(5,6)27-19-31)32-16-12-24-36(7,8)28-20-32/h9-28H,1-8H3. The first-order valence-electron chi connectivity index (χ1n) is 13.6. The van der Waals surface area contributed by atoms with Crippen molar-refractivity contribution < 1.29 is 0 Å². The lowest BCUT2D eigenvalue weighted by Gasteiger charge is -2.40. The lowest BCUT2D eigenvalue weighted by Crippen LogP contribution is -2.29. The Bertz CT molecular complexity index is 1080. The highest BCUT2D eigenvalue weighted by atomic mass is 14.4. The minimum atomic E-state index is -0.495. The highest BCUT2D eigenvalue weighted by Gasteiger charge is 2.42. The summed E-state index contributed by atoms with van der Waals surface area (Å²) in [4.78, 5) is 0. The normalized spacial score (nSPS) is 24.9. The van der Waals surface area contributed by atoms with Crippen LogP contribution in [0.4, 0.5) is 0 Å². The fraction of sp³-hybridized carbons (Fsp3) is 0.351. The topological polar surface area (TPSA) is 0 Å². The van der Waals surface area contributed by atoms with E-state index in [1.165, 1.54) is 22.3 Å². The van der Waals surface area contributed by atoms with E-state index in [0.717, 1.165) is 0 Å². The number of hydrogen-bond donors (Lipinski definition) is 0. The molecule has 4 aliphatic rings. The van der Waals surface area contributed by atoms with E-state index in [-0.39, 0.29) is 21.7 Å². The molecule has 0 aromatic rings. The van der Waals surface area contributed by atoms with Gasteiger partial charge in [0.2, 0.25) is 0 Å². The molecule has 0 spiro atoms. The minimum absolute atomic E-state index is 0.00923. The highest BCUT2D eigenvalue weighted by molar-refractivity contribution is 5.66. The Hall–Kier alpha value is -3.12. The van der Waals surface area contributed by atoms with Gasteiger partial charge < -0.3 is 0 Å². The van der Waals surface area contributed by atoms with Crippen LogP contribution in [0, 0.1) is 27.1 Å². The Labute approximate surface area is 226 Å². The zero-order chi connectivity index (χ0) is 27.0. The average Bonchev–Trinajstić information content (AvgIpc) is 3.25. The van der Waals surface area contributed by atoms with E-state index in [0.29, 0.717) is 0 Å². The predicted molar refractivity (Wildman–Crippen MR) is 163 cm³/mol. The molecule has 0 N–H and O–H groups in total. The number of allylic oxidation sites excluding steroid dienone is 24. The highest BCUT2D eigenvalue weighted by Crippen LogP contribution is 2.54. The molecule has 0 aliphatic heterocycles. The Morgan fingerprint density at radius 1 is 0.351 bits per heavy atom. The van der Waals surface area contributed by atoms with Gasteiger partial charge in [0, 0.05) is 21.7 Å². The average molecular weight is 489 g/mol. The van der Waals surface area contributed by atoms with E-state index in [1.54, 1.807) is 0 Å². The fourth-order valence-electron chi connectivity index (χ4n) is 5.26. The van der Waals surface area contributed by atoms with Gasteiger partial charge in [-0.3, -0.25) is 0 Å².